The highest BCUT2D eigenvalue weighted by Gasteiger charge is 2.25. The van der Waals surface area contributed by atoms with Crippen LogP contribution in [0.2, 0.25) is 0 Å². The molecule has 0 aromatic heterocycles. The Labute approximate surface area is 151 Å². The second kappa shape index (κ2) is 8.15. The first kappa shape index (κ1) is 19.0. The van der Waals surface area contributed by atoms with Crippen LogP contribution in [0, 0.1) is 10.1 Å². The second-order valence-electron chi connectivity index (χ2n) is 5.69. The van der Waals surface area contributed by atoms with Gasteiger partial charge in [0.25, 0.3) is 0 Å². The standard InChI is InChI=1S/C19H20N2O5/c1-20(2)12-15(13-8-6-5-7-9-13)18(22)14-10-16(21(23)24)19(26-4)17(11-14)25-3/h5-12H,1-4H3/b15-12+. The Kier molecular flexibility index (Phi) is 5.95. The number of methoxy groups -OCH3 is 2. The number of hydrogen-bond acceptors (Lipinski definition) is 6. The van der Waals surface area contributed by atoms with E-state index in [1.54, 1.807) is 25.2 Å². The Hall–Kier alpha value is -3.35. The number of nitrogens with zero attached hydrogens (tertiary/aromatic N) is 2. The van der Waals surface area contributed by atoms with E-state index in [0.29, 0.717) is 11.1 Å². The first-order valence-corrected chi connectivity index (χ1v) is 7.77. The van der Waals surface area contributed by atoms with Crippen LogP contribution >= 0.6 is 0 Å². The van der Waals surface area contributed by atoms with E-state index in [1.807, 2.05) is 30.3 Å². The van der Waals surface area contributed by atoms with E-state index in [0.717, 1.165) is 0 Å². The lowest BCUT2D eigenvalue weighted by molar-refractivity contribution is -0.385. The zero-order valence-corrected chi connectivity index (χ0v) is 15.1. The number of benzene rings is 2. The summed E-state index contributed by atoms with van der Waals surface area (Å²) in [5, 5.41) is 11.4. The molecule has 0 aliphatic heterocycles. The predicted octanol–water partition coefficient (Wildman–Crippen LogP) is 3.40. The summed E-state index contributed by atoms with van der Waals surface area (Å²) < 4.78 is 10.2. The van der Waals surface area contributed by atoms with Crippen LogP contribution in [0.5, 0.6) is 11.5 Å². The van der Waals surface area contributed by atoms with Gasteiger partial charge in [0, 0.05) is 37.5 Å². The normalized spacial score (nSPS) is 11.0. The van der Waals surface area contributed by atoms with Gasteiger partial charge in [-0.2, -0.15) is 0 Å². The number of hydrogen-bond donors (Lipinski definition) is 0. The van der Waals surface area contributed by atoms with Crippen LogP contribution < -0.4 is 9.47 Å². The topological polar surface area (TPSA) is 81.9 Å². The summed E-state index contributed by atoms with van der Waals surface area (Å²) in [5.74, 6) is -0.247. The number of ether oxygens (including phenoxy) is 2. The highest BCUT2D eigenvalue weighted by Crippen LogP contribution is 2.39. The molecular weight excluding hydrogens is 336 g/mol. The second-order valence-corrected chi connectivity index (χ2v) is 5.69. The van der Waals surface area contributed by atoms with Gasteiger partial charge in [0.1, 0.15) is 0 Å². The summed E-state index contributed by atoms with van der Waals surface area (Å²) in [6, 6.07) is 11.8. The molecule has 7 heteroatoms. The smallest absolute Gasteiger partial charge is 0.315 e. The predicted molar refractivity (Wildman–Crippen MR) is 98.6 cm³/mol. The van der Waals surface area contributed by atoms with Crippen molar-refractivity contribution in [2.75, 3.05) is 28.3 Å². The number of nitro benzene ring substituents is 1. The van der Waals surface area contributed by atoms with Crippen molar-refractivity contribution < 1.29 is 19.2 Å². The Morgan fingerprint density at radius 3 is 2.23 bits per heavy atom. The molecule has 26 heavy (non-hydrogen) atoms. The molecule has 0 fully saturated rings. The van der Waals surface area contributed by atoms with E-state index < -0.39 is 4.92 Å². The van der Waals surface area contributed by atoms with Crippen molar-refractivity contribution in [3.63, 3.8) is 0 Å². The number of nitro groups is 1. The largest absolute Gasteiger partial charge is 0.493 e. The van der Waals surface area contributed by atoms with Gasteiger partial charge in [-0.3, -0.25) is 14.9 Å². The number of rotatable bonds is 7. The minimum absolute atomic E-state index is 0.0214. The first-order chi connectivity index (χ1) is 12.4. The van der Waals surface area contributed by atoms with Crippen molar-refractivity contribution in [3.8, 4) is 11.5 Å². The van der Waals surface area contributed by atoms with Crippen molar-refractivity contribution in [3.05, 3.63) is 69.9 Å². The maximum atomic E-state index is 13.1. The van der Waals surface area contributed by atoms with E-state index in [4.69, 9.17) is 9.47 Å². The third-order valence-corrected chi connectivity index (χ3v) is 3.63. The van der Waals surface area contributed by atoms with Gasteiger partial charge >= 0.3 is 5.69 Å². The summed E-state index contributed by atoms with van der Waals surface area (Å²) >= 11 is 0. The van der Waals surface area contributed by atoms with Crippen molar-refractivity contribution in [2.45, 2.75) is 0 Å². The maximum absolute atomic E-state index is 13.1. The molecule has 0 amide bonds. The Morgan fingerprint density at radius 1 is 1.08 bits per heavy atom. The van der Waals surface area contributed by atoms with Gasteiger partial charge in [-0.25, -0.2) is 0 Å². The summed E-state index contributed by atoms with van der Waals surface area (Å²) in [7, 11) is 6.28. The molecule has 0 spiro atoms. The number of carbonyl (C=O) groups is 1. The highest BCUT2D eigenvalue weighted by molar-refractivity contribution is 6.29. The molecule has 0 aliphatic rings. The van der Waals surface area contributed by atoms with Crippen LogP contribution in [-0.2, 0) is 0 Å². The minimum Gasteiger partial charge on any atom is -0.493 e. The Balaban J connectivity index is 2.63. The van der Waals surface area contributed by atoms with Crippen LogP contribution in [0.3, 0.4) is 0 Å². The summed E-state index contributed by atoms with van der Waals surface area (Å²) in [6.45, 7) is 0. The van der Waals surface area contributed by atoms with Crippen LogP contribution in [-0.4, -0.2) is 43.9 Å². The lowest BCUT2D eigenvalue weighted by atomic mass is 9.96. The molecule has 0 N–H and O–H groups in total. The zero-order valence-electron chi connectivity index (χ0n) is 15.1. The lowest BCUT2D eigenvalue weighted by Gasteiger charge is -2.14. The van der Waals surface area contributed by atoms with Gasteiger partial charge in [-0.15, -0.1) is 0 Å². The molecule has 2 aromatic carbocycles. The summed E-state index contributed by atoms with van der Waals surface area (Å²) in [6.07, 6.45) is 1.68. The van der Waals surface area contributed by atoms with Gasteiger partial charge in [0.2, 0.25) is 5.75 Å². The molecule has 2 rings (SSSR count). The maximum Gasteiger partial charge on any atom is 0.315 e. The number of allylic oxidation sites excluding steroid dienone is 1. The first-order valence-electron chi connectivity index (χ1n) is 7.77. The van der Waals surface area contributed by atoms with Crippen molar-refractivity contribution >= 4 is 17.0 Å². The molecule has 0 saturated carbocycles. The fraction of sp³-hybridized carbons (Fsp3) is 0.211. The van der Waals surface area contributed by atoms with Gasteiger partial charge < -0.3 is 14.4 Å². The molecule has 0 unspecified atom stereocenters. The van der Waals surface area contributed by atoms with Gasteiger partial charge in [0.15, 0.2) is 11.5 Å². The van der Waals surface area contributed by atoms with Gasteiger partial charge in [0.05, 0.1) is 19.1 Å². The molecule has 0 heterocycles. The van der Waals surface area contributed by atoms with Crippen molar-refractivity contribution in [2.24, 2.45) is 0 Å². The van der Waals surface area contributed by atoms with Crippen LogP contribution in [0.25, 0.3) is 5.57 Å². The highest BCUT2D eigenvalue weighted by atomic mass is 16.6. The van der Waals surface area contributed by atoms with Gasteiger partial charge in [-0.1, -0.05) is 30.3 Å². The lowest BCUT2D eigenvalue weighted by Crippen LogP contribution is -2.10. The molecular formula is C19H20N2O5. The number of Topliss-reactive ketones (excluding diaryl/α,β-unsaturated/α-hetero) is 1. The van der Waals surface area contributed by atoms with E-state index in [9.17, 15) is 14.9 Å². The third-order valence-electron chi connectivity index (χ3n) is 3.63. The molecule has 7 nitrogen and oxygen atoms in total. The third kappa shape index (κ3) is 4.00. The van der Waals surface area contributed by atoms with Crippen LogP contribution in [0.4, 0.5) is 5.69 Å². The molecule has 2 aromatic rings. The molecule has 136 valence electrons. The Bertz CT molecular complexity index is 845. The number of carbonyl (C=O) groups excluding carboxylic acids is 1. The quantitative estimate of drug-likeness (QED) is 0.327. The zero-order chi connectivity index (χ0) is 19.3. The van der Waals surface area contributed by atoms with E-state index in [2.05, 4.69) is 0 Å². The van der Waals surface area contributed by atoms with E-state index in [-0.39, 0.29) is 28.5 Å². The summed E-state index contributed by atoms with van der Waals surface area (Å²) in [4.78, 5) is 25.6. The van der Waals surface area contributed by atoms with E-state index >= 15 is 0 Å². The van der Waals surface area contributed by atoms with Crippen molar-refractivity contribution in [1.29, 1.82) is 0 Å². The summed E-state index contributed by atoms with van der Waals surface area (Å²) in [5.41, 5.74) is 0.944. The molecule has 0 aliphatic carbocycles. The van der Waals surface area contributed by atoms with Crippen molar-refractivity contribution in [1.82, 2.24) is 4.90 Å². The Morgan fingerprint density at radius 2 is 1.73 bits per heavy atom. The van der Waals surface area contributed by atoms with Crippen LogP contribution in [0.1, 0.15) is 15.9 Å². The fourth-order valence-electron chi connectivity index (χ4n) is 2.51. The minimum atomic E-state index is -0.601. The average molecular weight is 356 g/mol. The monoisotopic (exact) mass is 356 g/mol. The SMILES string of the molecule is COc1cc(C(=O)/C(=C/N(C)C)c2ccccc2)cc([N+](=O)[O-])c1OC. The molecule has 0 radical (unpaired) electrons. The number of ketones is 1. The van der Waals surface area contributed by atoms with E-state index in [1.165, 1.54) is 26.4 Å². The molecule has 0 bridgehead atoms. The fourth-order valence-corrected chi connectivity index (χ4v) is 2.51. The molecule has 0 atom stereocenters. The van der Waals surface area contributed by atoms with Crippen LogP contribution in [0.15, 0.2) is 48.7 Å². The van der Waals surface area contributed by atoms with Gasteiger partial charge in [-0.05, 0) is 11.6 Å². The average Bonchev–Trinajstić information content (AvgIpc) is 2.64. The molecule has 0 saturated heterocycles.